The van der Waals surface area contributed by atoms with Gasteiger partial charge in [-0.3, -0.25) is 0 Å². The average molecular weight is 279 g/mol. The van der Waals surface area contributed by atoms with E-state index in [1.807, 2.05) is 6.07 Å². The Bertz CT molecular complexity index is 554. The molecule has 0 amide bonds. The van der Waals surface area contributed by atoms with Crippen molar-refractivity contribution in [1.29, 1.82) is 0 Å². The summed E-state index contributed by atoms with van der Waals surface area (Å²) in [6.07, 6.45) is 2.18. The summed E-state index contributed by atoms with van der Waals surface area (Å²) in [6.45, 7) is 0.999. The van der Waals surface area contributed by atoms with Gasteiger partial charge in [-0.1, -0.05) is 23.9 Å². The summed E-state index contributed by atoms with van der Waals surface area (Å²) < 4.78 is 18.6. The first-order chi connectivity index (χ1) is 9.31. The fourth-order valence-corrected chi connectivity index (χ4v) is 2.80. The number of nitrogens with one attached hydrogen (secondary N) is 1. The number of nitrogens with zero attached hydrogens (tertiary/aromatic N) is 2. The van der Waals surface area contributed by atoms with Crippen LogP contribution in [0.15, 0.2) is 33.9 Å². The molecule has 0 saturated carbocycles. The molecule has 0 spiro atoms. The van der Waals surface area contributed by atoms with E-state index in [4.69, 9.17) is 4.42 Å². The van der Waals surface area contributed by atoms with Gasteiger partial charge in [0.25, 0.3) is 5.22 Å². The maximum atomic E-state index is 13.0. The second-order valence-electron chi connectivity index (χ2n) is 4.47. The van der Waals surface area contributed by atoms with E-state index in [-0.39, 0.29) is 11.9 Å². The van der Waals surface area contributed by atoms with Gasteiger partial charge in [-0.05, 0) is 37.1 Å². The van der Waals surface area contributed by atoms with Crippen LogP contribution in [0.3, 0.4) is 0 Å². The number of aromatic nitrogens is 2. The minimum absolute atomic E-state index is 0.191. The number of halogens is 1. The second-order valence-corrected chi connectivity index (χ2v) is 5.40. The van der Waals surface area contributed by atoms with Crippen molar-refractivity contribution >= 4 is 11.8 Å². The first-order valence-corrected chi connectivity index (χ1v) is 7.24. The van der Waals surface area contributed by atoms with Gasteiger partial charge in [0.05, 0.1) is 6.04 Å². The smallest absolute Gasteiger partial charge is 0.276 e. The molecule has 1 aliphatic rings. The minimum atomic E-state index is -0.223. The summed E-state index contributed by atoms with van der Waals surface area (Å²) >= 11 is 1.43. The monoisotopic (exact) mass is 279 g/mol. The highest BCUT2D eigenvalue weighted by Gasteiger charge is 2.22. The Morgan fingerprint density at radius 2 is 2.37 bits per heavy atom. The van der Waals surface area contributed by atoms with Crippen LogP contribution in [0.25, 0.3) is 0 Å². The van der Waals surface area contributed by atoms with Crippen molar-refractivity contribution in [1.82, 2.24) is 15.5 Å². The Balaban J connectivity index is 1.61. The molecule has 2 aromatic rings. The van der Waals surface area contributed by atoms with Crippen LogP contribution in [0, 0.1) is 5.82 Å². The van der Waals surface area contributed by atoms with E-state index in [0.717, 1.165) is 24.9 Å². The first kappa shape index (κ1) is 12.6. The molecule has 100 valence electrons. The van der Waals surface area contributed by atoms with Gasteiger partial charge in [0.2, 0.25) is 5.89 Å². The van der Waals surface area contributed by atoms with Crippen LogP contribution < -0.4 is 5.32 Å². The number of rotatable bonds is 4. The van der Waals surface area contributed by atoms with Crippen molar-refractivity contribution in [3.8, 4) is 0 Å². The molecule has 0 bridgehead atoms. The molecule has 1 N–H and O–H groups in total. The van der Waals surface area contributed by atoms with E-state index in [1.54, 1.807) is 6.07 Å². The Morgan fingerprint density at radius 1 is 1.42 bits per heavy atom. The molecule has 1 aromatic heterocycles. The lowest BCUT2D eigenvalue weighted by Crippen LogP contribution is -2.12. The third-order valence-corrected chi connectivity index (χ3v) is 3.92. The molecule has 1 aliphatic heterocycles. The molecular formula is C13H14FN3OS. The third-order valence-electron chi connectivity index (χ3n) is 3.03. The van der Waals surface area contributed by atoms with Crippen LogP contribution in [0.5, 0.6) is 0 Å². The summed E-state index contributed by atoms with van der Waals surface area (Å²) in [5.41, 5.74) is 0.906. The van der Waals surface area contributed by atoms with E-state index in [1.165, 1.54) is 23.9 Å². The van der Waals surface area contributed by atoms with Gasteiger partial charge in [-0.15, -0.1) is 10.2 Å². The molecule has 0 radical (unpaired) electrons. The number of benzene rings is 1. The highest BCUT2D eigenvalue weighted by atomic mass is 32.2. The number of hydrogen-bond donors (Lipinski definition) is 1. The van der Waals surface area contributed by atoms with Gasteiger partial charge in [0.1, 0.15) is 5.82 Å². The fraction of sp³-hybridized carbons (Fsp3) is 0.385. The lowest BCUT2D eigenvalue weighted by Gasteiger charge is -2.02. The SMILES string of the molecule is Fc1cccc(CSc2nnc(C3CCCN3)o2)c1. The van der Waals surface area contributed by atoms with Crippen molar-refractivity contribution in [2.75, 3.05) is 6.54 Å². The van der Waals surface area contributed by atoms with E-state index in [0.29, 0.717) is 16.9 Å². The van der Waals surface area contributed by atoms with Crippen molar-refractivity contribution in [2.45, 2.75) is 29.9 Å². The van der Waals surface area contributed by atoms with E-state index >= 15 is 0 Å². The molecule has 6 heteroatoms. The number of thioether (sulfide) groups is 1. The van der Waals surface area contributed by atoms with Crippen molar-refractivity contribution < 1.29 is 8.81 Å². The second kappa shape index (κ2) is 5.71. The zero-order valence-corrected chi connectivity index (χ0v) is 11.1. The maximum Gasteiger partial charge on any atom is 0.276 e. The quantitative estimate of drug-likeness (QED) is 0.872. The summed E-state index contributed by atoms with van der Waals surface area (Å²) in [6, 6.07) is 6.72. The van der Waals surface area contributed by atoms with Crippen molar-refractivity contribution in [3.63, 3.8) is 0 Å². The van der Waals surface area contributed by atoms with Crippen LogP contribution >= 0.6 is 11.8 Å². The molecule has 19 heavy (non-hydrogen) atoms. The van der Waals surface area contributed by atoms with Gasteiger partial charge in [-0.2, -0.15) is 0 Å². The summed E-state index contributed by atoms with van der Waals surface area (Å²) in [5, 5.41) is 11.9. The van der Waals surface area contributed by atoms with Crippen LogP contribution in [-0.4, -0.2) is 16.7 Å². The fourth-order valence-electron chi connectivity index (χ4n) is 2.09. The van der Waals surface area contributed by atoms with E-state index in [9.17, 15) is 4.39 Å². The first-order valence-electron chi connectivity index (χ1n) is 6.25. The zero-order valence-electron chi connectivity index (χ0n) is 10.3. The third kappa shape index (κ3) is 3.13. The minimum Gasteiger partial charge on any atom is -0.414 e. The van der Waals surface area contributed by atoms with E-state index in [2.05, 4.69) is 15.5 Å². The average Bonchev–Trinajstić information content (AvgIpc) is 3.07. The molecule has 1 saturated heterocycles. The van der Waals surface area contributed by atoms with Gasteiger partial charge in [0, 0.05) is 5.75 Å². The van der Waals surface area contributed by atoms with Gasteiger partial charge >= 0.3 is 0 Å². The molecule has 1 fully saturated rings. The van der Waals surface area contributed by atoms with Crippen molar-refractivity contribution in [2.24, 2.45) is 0 Å². The van der Waals surface area contributed by atoms with Crippen molar-refractivity contribution in [3.05, 3.63) is 41.5 Å². The largest absolute Gasteiger partial charge is 0.414 e. The Kier molecular flexibility index (Phi) is 3.79. The maximum absolute atomic E-state index is 13.0. The summed E-state index contributed by atoms with van der Waals surface area (Å²) in [4.78, 5) is 0. The topological polar surface area (TPSA) is 51.0 Å². The lowest BCUT2D eigenvalue weighted by molar-refractivity contribution is 0.374. The van der Waals surface area contributed by atoms with Crippen LogP contribution in [0.1, 0.15) is 30.3 Å². The predicted molar refractivity (Wildman–Crippen MR) is 70.2 cm³/mol. The number of hydrogen-bond acceptors (Lipinski definition) is 5. The predicted octanol–water partition coefficient (Wildman–Crippen LogP) is 2.93. The molecule has 3 rings (SSSR count). The summed E-state index contributed by atoms with van der Waals surface area (Å²) in [7, 11) is 0. The molecule has 0 aliphatic carbocycles. The Hall–Kier alpha value is -1.40. The summed E-state index contributed by atoms with van der Waals surface area (Å²) in [5.74, 6) is 1.05. The normalized spacial score (nSPS) is 18.9. The molecule has 2 heterocycles. The lowest BCUT2D eigenvalue weighted by atomic mass is 10.2. The van der Waals surface area contributed by atoms with Gasteiger partial charge in [0.15, 0.2) is 0 Å². The highest BCUT2D eigenvalue weighted by molar-refractivity contribution is 7.98. The molecule has 1 aromatic carbocycles. The van der Waals surface area contributed by atoms with Gasteiger partial charge in [-0.25, -0.2) is 4.39 Å². The zero-order chi connectivity index (χ0) is 13.1. The van der Waals surface area contributed by atoms with Crippen LogP contribution in [-0.2, 0) is 5.75 Å². The van der Waals surface area contributed by atoms with Crippen LogP contribution in [0.2, 0.25) is 0 Å². The van der Waals surface area contributed by atoms with Gasteiger partial charge < -0.3 is 9.73 Å². The highest BCUT2D eigenvalue weighted by Crippen LogP contribution is 2.26. The molecule has 4 nitrogen and oxygen atoms in total. The Morgan fingerprint density at radius 3 is 3.16 bits per heavy atom. The molecule has 1 atom stereocenters. The standard InChI is InChI=1S/C13H14FN3OS/c14-10-4-1-3-9(7-10)8-19-13-17-16-12(18-13)11-5-2-6-15-11/h1,3-4,7,11,15H,2,5-6,8H2. The van der Waals surface area contributed by atoms with Crippen LogP contribution in [0.4, 0.5) is 4.39 Å². The molecule has 1 unspecified atom stereocenters. The van der Waals surface area contributed by atoms with E-state index < -0.39 is 0 Å². The molecular weight excluding hydrogens is 265 g/mol. The Labute approximate surface area is 114 Å².